The van der Waals surface area contributed by atoms with Gasteiger partial charge < -0.3 is 10.2 Å². The molecule has 1 amide bonds. The van der Waals surface area contributed by atoms with Gasteiger partial charge in [-0.3, -0.25) is 4.79 Å². The molecule has 0 bridgehead atoms. The molecule has 1 fully saturated rings. The highest BCUT2D eigenvalue weighted by atomic mass is 79.9. The SMILES string of the molecule is CNC[C@H]1CCCN(C(=O)C[C@H](C)c2ccccc2Br)C1. The van der Waals surface area contributed by atoms with Gasteiger partial charge in [-0.15, -0.1) is 0 Å². The highest BCUT2D eigenvalue weighted by molar-refractivity contribution is 9.10. The van der Waals surface area contributed by atoms with Gasteiger partial charge >= 0.3 is 0 Å². The van der Waals surface area contributed by atoms with E-state index in [1.165, 1.54) is 12.0 Å². The molecule has 2 rings (SSSR count). The number of halogens is 1. The predicted molar refractivity (Wildman–Crippen MR) is 90.4 cm³/mol. The van der Waals surface area contributed by atoms with Crippen LogP contribution in [0.15, 0.2) is 28.7 Å². The molecule has 0 saturated carbocycles. The van der Waals surface area contributed by atoms with E-state index < -0.39 is 0 Å². The average Bonchev–Trinajstić information content (AvgIpc) is 2.48. The summed E-state index contributed by atoms with van der Waals surface area (Å²) in [6, 6.07) is 8.18. The molecule has 0 aliphatic carbocycles. The molecule has 1 N–H and O–H groups in total. The summed E-state index contributed by atoms with van der Waals surface area (Å²) in [6.45, 7) is 4.96. The number of benzene rings is 1. The minimum absolute atomic E-state index is 0.248. The second-order valence-corrected chi connectivity index (χ2v) is 6.89. The van der Waals surface area contributed by atoms with Crippen LogP contribution in [0.2, 0.25) is 0 Å². The second-order valence-electron chi connectivity index (χ2n) is 6.03. The number of hydrogen-bond donors (Lipinski definition) is 1. The molecule has 1 heterocycles. The monoisotopic (exact) mass is 352 g/mol. The van der Waals surface area contributed by atoms with Crippen molar-refractivity contribution in [1.29, 1.82) is 0 Å². The Labute approximate surface area is 136 Å². The van der Waals surface area contributed by atoms with Crippen molar-refractivity contribution in [2.75, 3.05) is 26.7 Å². The first kappa shape index (κ1) is 16.5. The largest absolute Gasteiger partial charge is 0.342 e. The molecule has 116 valence electrons. The number of carbonyl (C=O) groups excluding carboxylic acids is 1. The van der Waals surface area contributed by atoms with E-state index in [0.29, 0.717) is 18.2 Å². The van der Waals surface area contributed by atoms with Crippen molar-refractivity contribution in [2.45, 2.75) is 32.1 Å². The zero-order valence-corrected chi connectivity index (χ0v) is 14.5. The molecule has 1 aliphatic heterocycles. The molecular weight excluding hydrogens is 328 g/mol. The quantitative estimate of drug-likeness (QED) is 0.880. The van der Waals surface area contributed by atoms with Gasteiger partial charge in [0.05, 0.1) is 0 Å². The van der Waals surface area contributed by atoms with Gasteiger partial charge in [0.15, 0.2) is 0 Å². The van der Waals surface area contributed by atoms with E-state index in [9.17, 15) is 4.79 Å². The fraction of sp³-hybridized carbons (Fsp3) is 0.588. The molecule has 1 aromatic rings. The van der Waals surface area contributed by atoms with Crippen molar-refractivity contribution >= 4 is 21.8 Å². The van der Waals surface area contributed by atoms with Crippen LogP contribution in [0.5, 0.6) is 0 Å². The normalized spacial score (nSPS) is 20.3. The van der Waals surface area contributed by atoms with Gasteiger partial charge in [-0.2, -0.15) is 0 Å². The van der Waals surface area contributed by atoms with Gasteiger partial charge in [0, 0.05) is 24.0 Å². The van der Waals surface area contributed by atoms with Crippen molar-refractivity contribution in [2.24, 2.45) is 5.92 Å². The third-order valence-electron chi connectivity index (χ3n) is 4.28. The van der Waals surface area contributed by atoms with Crippen LogP contribution in [0.4, 0.5) is 0 Å². The Morgan fingerprint density at radius 3 is 2.95 bits per heavy atom. The smallest absolute Gasteiger partial charge is 0.223 e. The van der Waals surface area contributed by atoms with Gasteiger partial charge in [-0.25, -0.2) is 0 Å². The van der Waals surface area contributed by atoms with Crippen LogP contribution >= 0.6 is 15.9 Å². The van der Waals surface area contributed by atoms with Crippen LogP contribution in [0.3, 0.4) is 0 Å². The van der Waals surface area contributed by atoms with Crippen molar-refractivity contribution < 1.29 is 4.79 Å². The van der Waals surface area contributed by atoms with Crippen LogP contribution in [0.1, 0.15) is 37.7 Å². The fourth-order valence-electron chi connectivity index (χ4n) is 3.12. The molecule has 1 aromatic carbocycles. The maximum atomic E-state index is 12.5. The number of rotatable bonds is 5. The Kier molecular flexibility index (Phi) is 6.24. The number of nitrogens with zero attached hydrogens (tertiary/aromatic N) is 1. The summed E-state index contributed by atoms with van der Waals surface area (Å²) in [5.41, 5.74) is 1.22. The summed E-state index contributed by atoms with van der Waals surface area (Å²) < 4.78 is 1.09. The summed E-state index contributed by atoms with van der Waals surface area (Å²) in [5, 5.41) is 3.23. The van der Waals surface area contributed by atoms with Crippen LogP contribution < -0.4 is 5.32 Å². The molecule has 0 radical (unpaired) electrons. The first-order valence-corrected chi connectivity index (χ1v) is 8.58. The second kappa shape index (κ2) is 7.95. The molecular formula is C17H25BrN2O. The van der Waals surface area contributed by atoms with E-state index in [-0.39, 0.29) is 5.92 Å². The maximum Gasteiger partial charge on any atom is 0.223 e. The van der Waals surface area contributed by atoms with Crippen molar-refractivity contribution in [3.63, 3.8) is 0 Å². The van der Waals surface area contributed by atoms with Gasteiger partial charge in [-0.05, 0) is 49.9 Å². The van der Waals surface area contributed by atoms with Crippen molar-refractivity contribution in [3.05, 3.63) is 34.3 Å². The standard InChI is InChI=1S/C17H25BrN2O/c1-13(15-7-3-4-8-16(15)18)10-17(21)20-9-5-6-14(12-20)11-19-2/h3-4,7-8,13-14,19H,5-6,9-12H2,1-2H3/t13-,14+/m0/s1. The van der Waals surface area contributed by atoms with Crippen molar-refractivity contribution in [3.8, 4) is 0 Å². The van der Waals surface area contributed by atoms with E-state index in [2.05, 4.69) is 39.1 Å². The van der Waals surface area contributed by atoms with E-state index >= 15 is 0 Å². The van der Waals surface area contributed by atoms with E-state index in [0.717, 1.165) is 30.5 Å². The Morgan fingerprint density at radius 1 is 1.48 bits per heavy atom. The lowest BCUT2D eigenvalue weighted by atomic mass is 9.94. The Hall–Kier alpha value is -0.870. The number of amides is 1. The number of hydrogen-bond acceptors (Lipinski definition) is 2. The highest BCUT2D eigenvalue weighted by Crippen LogP contribution is 2.28. The molecule has 1 saturated heterocycles. The topological polar surface area (TPSA) is 32.3 Å². The average molecular weight is 353 g/mol. The van der Waals surface area contributed by atoms with Crippen LogP contribution in [0.25, 0.3) is 0 Å². The summed E-state index contributed by atoms with van der Waals surface area (Å²) in [4.78, 5) is 14.6. The Balaban J connectivity index is 1.93. The molecule has 0 aromatic heterocycles. The van der Waals surface area contributed by atoms with Crippen LogP contribution in [0, 0.1) is 5.92 Å². The first-order chi connectivity index (χ1) is 10.1. The third-order valence-corrected chi connectivity index (χ3v) is 5.00. The zero-order chi connectivity index (χ0) is 15.2. The lowest BCUT2D eigenvalue weighted by Crippen LogP contribution is -2.42. The molecule has 21 heavy (non-hydrogen) atoms. The summed E-state index contributed by atoms with van der Waals surface area (Å²) in [5.74, 6) is 1.14. The molecule has 0 unspecified atom stereocenters. The molecule has 0 spiro atoms. The fourth-order valence-corrected chi connectivity index (χ4v) is 3.80. The lowest BCUT2D eigenvalue weighted by molar-refractivity contribution is -0.133. The summed E-state index contributed by atoms with van der Waals surface area (Å²) >= 11 is 3.58. The molecule has 1 aliphatic rings. The van der Waals surface area contributed by atoms with E-state index in [1.807, 2.05) is 25.2 Å². The Morgan fingerprint density at radius 2 is 2.24 bits per heavy atom. The van der Waals surface area contributed by atoms with Gasteiger partial charge in [0.2, 0.25) is 5.91 Å². The maximum absolute atomic E-state index is 12.5. The summed E-state index contributed by atoms with van der Waals surface area (Å²) in [6.07, 6.45) is 2.95. The summed E-state index contributed by atoms with van der Waals surface area (Å²) in [7, 11) is 1.98. The third kappa shape index (κ3) is 4.55. The number of nitrogens with one attached hydrogen (secondary N) is 1. The lowest BCUT2D eigenvalue weighted by Gasteiger charge is -2.33. The number of carbonyl (C=O) groups is 1. The number of likely N-dealkylation sites (tertiary alicyclic amines) is 1. The molecule has 2 atom stereocenters. The predicted octanol–water partition coefficient (Wildman–Crippen LogP) is 3.40. The van der Waals surface area contributed by atoms with E-state index in [4.69, 9.17) is 0 Å². The van der Waals surface area contributed by atoms with Crippen molar-refractivity contribution in [1.82, 2.24) is 10.2 Å². The van der Waals surface area contributed by atoms with Crippen LogP contribution in [-0.4, -0.2) is 37.5 Å². The van der Waals surface area contributed by atoms with Crippen LogP contribution in [-0.2, 0) is 4.79 Å². The van der Waals surface area contributed by atoms with Gasteiger partial charge in [0.25, 0.3) is 0 Å². The van der Waals surface area contributed by atoms with E-state index in [1.54, 1.807) is 0 Å². The van der Waals surface area contributed by atoms with Gasteiger partial charge in [-0.1, -0.05) is 41.1 Å². The molecule has 4 heteroatoms. The minimum Gasteiger partial charge on any atom is -0.342 e. The Bertz CT molecular complexity index is 476. The van der Waals surface area contributed by atoms with Gasteiger partial charge in [0.1, 0.15) is 0 Å². The number of piperidine rings is 1. The highest BCUT2D eigenvalue weighted by Gasteiger charge is 2.24. The molecule has 3 nitrogen and oxygen atoms in total. The first-order valence-electron chi connectivity index (χ1n) is 7.78. The minimum atomic E-state index is 0.248. The zero-order valence-electron chi connectivity index (χ0n) is 12.9.